The summed E-state index contributed by atoms with van der Waals surface area (Å²) in [7, 11) is 0. The van der Waals surface area contributed by atoms with Gasteiger partial charge in [0.1, 0.15) is 12.2 Å². The van der Waals surface area contributed by atoms with Crippen molar-refractivity contribution in [2.24, 2.45) is 0 Å². The molecule has 1 heterocycles. The maximum atomic E-state index is 10.9. The van der Waals surface area contributed by atoms with Crippen molar-refractivity contribution in [3.63, 3.8) is 0 Å². The molecule has 0 aliphatic heterocycles. The van der Waals surface area contributed by atoms with Crippen molar-refractivity contribution >= 4 is 11.7 Å². The van der Waals surface area contributed by atoms with E-state index in [4.69, 9.17) is 9.84 Å². The Labute approximate surface area is 97.0 Å². The molecule has 0 aromatic carbocycles. The first-order chi connectivity index (χ1) is 8.01. The van der Waals surface area contributed by atoms with E-state index in [9.17, 15) is 14.9 Å². The molecule has 0 fully saturated rings. The number of nitro groups is 1. The summed E-state index contributed by atoms with van der Waals surface area (Å²) < 4.78 is 6.03. The first-order valence-corrected chi connectivity index (χ1v) is 5.10. The van der Waals surface area contributed by atoms with Gasteiger partial charge >= 0.3 is 17.5 Å². The second-order valence-electron chi connectivity index (χ2n) is 3.25. The zero-order valence-electron chi connectivity index (χ0n) is 9.49. The molecule has 0 saturated heterocycles. The molecule has 8 nitrogen and oxygen atoms in total. The van der Waals surface area contributed by atoms with Crippen LogP contribution in [-0.4, -0.2) is 32.4 Å². The van der Waals surface area contributed by atoms with Crippen LogP contribution in [0.3, 0.4) is 0 Å². The smallest absolute Gasteiger partial charge is 0.350 e. The number of carboxylic acids is 1. The van der Waals surface area contributed by atoms with Crippen LogP contribution in [0.15, 0.2) is 6.20 Å². The predicted octanol–water partition coefficient (Wildman–Crippen LogP) is 1.23. The van der Waals surface area contributed by atoms with Crippen LogP contribution in [0, 0.1) is 10.1 Å². The minimum Gasteiger partial charge on any atom is -0.480 e. The van der Waals surface area contributed by atoms with Crippen LogP contribution in [0.25, 0.3) is 0 Å². The molecule has 17 heavy (non-hydrogen) atoms. The summed E-state index contributed by atoms with van der Waals surface area (Å²) in [5, 5.41) is 23.4. The highest BCUT2D eigenvalue weighted by atomic mass is 16.6. The van der Waals surface area contributed by atoms with Crippen LogP contribution in [-0.2, 0) is 4.79 Å². The molecule has 0 unspecified atom stereocenters. The van der Waals surface area contributed by atoms with E-state index in [1.165, 1.54) is 0 Å². The quantitative estimate of drug-likeness (QED) is 0.594. The SMILES string of the molecule is CCOc1nn([C@H](CC)C(=O)O)cc1[N+](=O)[O-]. The fourth-order valence-corrected chi connectivity index (χ4v) is 1.36. The molecule has 0 spiro atoms. The lowest BCUT2D eigenvalue weighted by Gasteiger charge is -2.08. The number of aliphatic carboxylic acids is 1. The van der Waals surface area contributed by atoms with E-state index >= 15 is 0 Å². The van der Waals surface area contributed by atoms with Crippen LogP contribution < -0.4 is 4.74 Å². The second kappa shape index (κ2) is 5.28. The predicted molar refractivity (Wildman–Crippen MR) is 57.0 cm³/mol. The second-order valence-corrected chi connectivity index (χ2v) is 3.25. The Kier molecular flexibility index (Phi) is 4.02. The summed E-state index contributed by atoms with van der Waals surface area (Å²) in [5.41, 5.74) is -0.327. The van der Waals surface area contributed by atoms with Crippen molar-refractivity contribution in [1.29, 1.82) is 0 Å². The molecule has 0 saturated carbocycles. The van der Waals surface area contributed by atoms with Crippen LogP contribution in [0.2, 0.25) is 0 Å². The molecule has 1 aromatic rings. The minimum atomic E-state index is -1.09. The van der Waals surface area contributed by atoms with E-state index in [0.717, 1.165) is 10.9 Å². The van der Waals surface area contributed by atoms with Crippen molar-refractivity contribution in [3.05, 3.63) is 16.3 Å². The molecule has 8 heteroatoms. The molecule has 0 aliphatic carbocycles. The summed E-state index contributed by atoms with van der Waals surface area (Å²) in [6.07, 6.45) is 1.35. The molecule has 0 amide bonds. The Bertz CT molecular complexity index is 428. The van der Waals surface area contributed by atoms with Gasteiger partial charge in [-0.3, -0.25) is 10.1 Å². The fraction of sp³-hybridized carbons (Fsp3) is 0.556. The lowest BCUT2D eigenvalue weighted by atomic mass is 10.2. The van der Waals surface area contributed by atoms with E-state index in [2.05, 4.69) is 5.10 Å². The largest absolute Gasteiger partial charge is 0.480 e. The highest BCUT2D eigenvalue weighted by Crippen LogP contribution is 2.27. The highest BCUT2D eigenvalue weighted by Gasteiger charge is 2.26. The maximum Gasteiger partial charge on any atom is 0.350 e. The molecule has 1 rings (SSSR count). The zero-order valence-corrected chi connectivity index (χ0v) is 9.49. The van der Waals surface area contributed by atoms with Crippen molar-refractivity contribution in [3.8, 4) is 5.88 Å². The summed E-state index contributed by atoms with van der Waals surface area (Å²) in [4.78, 5) is 21.0. The normalized spacial score (nSPS) is 12.1. The number of ether oxygens (including phenoxy) is 1. The molecule has 94 valence electrons. The van der Waals surface area contributed by atoms with Gasteiger partial charge in [0.25, 0.3) is 0 Å². The zero-order chi connectivity index (χ0) is 13.0. The lowest BCUT2D eigenvalue weighted by Crippen LogP contribution is -2.18. The molecular formula is C9H13N3O5. The van der Waals surface area contributed by atoms with Crippen molar-refractivity contribution in [2.75, 3.05) is 6.61 Å². The van der Waals surface area contributed by atoms with E-state index in [0.29, 0.717) is 0 Å². The number of aromatic nitrogens is 2. The summed E-state index contributed by atoms with van der Waals surface area (Å²) in [6, 6.07) is -0.928. The summed E-state index contributed by atoms with van der Waals surface area (Å²) in [6.45, 7) is 3.55. The molecule has 1 atom stereocenters. The number of carbonyl (C=O) groups is 1. The van der Waals surface area contributed by atoms with Gasteiger partial charge in [-0.15, -0.1) is 5.10 Å². The number of nitrogens with zero attached hydrogens (tertiary/aromatic N) is 3. The van der Waals surface area contributed by atoms with Gasteiger partial charge in [0.2, 0.25) is 0 Å². The first-order valence-electron chi connectivity index (χ1n) is 5.10. The van der Waals surface area contributed by atoms with E-state index in [1.54, 1.807) is 13.8 Å². The van der Waals surface area contributed by atoms with Crippen LogP contribution in [0.4, 0.5) is 5.69 Å². The van der Waals surface area contributed by atoms with Crippen LogP contribution in [0.5, 0.6) is 5.88 Å². The van der Waals surface area contributed by atoms with Crippen molar-refractivity contribution < 1.29 is 19.6 Å². The Balaban J connectivity index is 3.14. The van der Waals surface area contributed by atoms with E-state index in [-0.39, 0.29) is 24.6 Å². The summed E-state index contributed by atoms with van der Waals surface area (Å²) in [5.74, 6) is -1.25. The van der Waals surface area contributed by atoms with Gasteiger partial charge < -0.3 is 9.84 Å². The average Bonchev–Trinajstić information content (AvgIpc) is 2.63. The number of hydrogen-bond donors (Lipinski definition) is 1. The average molecular weight is 243 g/mol. The van der Waals surface area contributed by atoms with Gasteiger partial charge in [-0.1, -0.05) is 6.92 Å². The highest BCUT2D eigenvalue weighted by molar-refractivity contribution is 5.71. The molecule has 1 N–H and O–H groups in total. The molecule has 1 aromatic heterocycles. The monoisotopic (exact) mass is 243 g/mol. The van der Waals surface area contributed by atoms with Crippen LogP contribution >= 0.6 is 0 Å². The third kappa shape index (κ3) is 2.71. The minimum absolute atomic E-state index is 0.155. The van der Waals surface area contributed by atoms with Crippen molar-refractivity contribution in [2.45, 2.75) is 26.3 Å². The number of hydrogen-bond acceptors (Lipinski definition) is 5. The molecule has 0 bridgehead atoms. The van der Waals surface area contributed by atoms with Gasteiger partial charge in [0, 0.05) is 0 Å². The third-order valence-corrected chi connectivity index (χ3v) is 2.15. The van der Waals surface area contributed by atoms with Gasteiger partial charge in [-0.25, -0.2) is 9.48 Å². The Morgan fingerprint density at radius 1 is 1.71 bits per heavy atom. The van der Waals surface area contributed by atoms with Gasteiger partial charge in [0.15, 0.2) is 0 Å². The van der Waals surface area contributed by atoms with Gasteiger partial charge in [-0.2, -0.15) is 0 Å². The van der Waals surface area contributed by atoms with E-state index in [1.807, 2.05) is 0 Å². The molecule has 0 radical (unpaired) electrons. The lowest BCUT2D eigenvalue weighted by molar-refractivity contribution is -0.386. The number of carboxylic acid groups (broad SMARTS) is 1. The Morgan fingerprint density at radius 3 is 2.76 bits per heavy atom. The van der Waals surface area contributed by atoms with Gasteiger partial charge in [0.05, 0.1) is 11.5 Å². The Morgan fingerprint density at radius 2 is 2.35 bits per heavy atom. The fourth-order valence-electron chi connectivity index (χ4n) is 1.36. The first kappa shape index (κ1) is 12.9. The molecule has 0 aliphatic rings. The number of rotatable bonds is 6. The maximum absolute atomic E-state index is 10.9. The van der Waals surface area contributed by atoms with Gasteiger partial charge in [-0.05, 0) is 13.3 Å². The standard InChI is InChI=1S/C9H13N3O5/c1-3-6(9(13)14)11-5-7(12(15)16)8(10-11)17-4-2/h5-6H,3-4H2,1-2H3,(H,13,14)/t6-/m1/s1. The summed E-state index contributed by atoms with van der Waals surface area (Å²) >= 11 is 0. The van der Waals surface area contributed by atoms with Crippen LogP contribution in [0.1, 0.15) is 26.3 Å². The Hall–Kier alpha value is -2.12. The van der Waals surface area contributed by atoms with Crippen molar-refractivity contribution in [1.82, 2.24) is 9.78 Å². The van der Waals surface area contributed by atoms with E-state index < -0.39 is 16.9 Å². The molecular weight excluding hydrogens is 230 g/mol. The third-order valence-electron chi connectivity index (χ3n) is 2.15. The topological polar surface area (TPSA) is 107 Å².